The molecular formula is C16H16O3. The first kappa shape index (κ1) is 13.1. The monoisotopic (exact) mass is 256 g/mol. The molecule has 0 amide bonds. The Bertz CT molecular complexity index is 603. The molecule has 3 heteroatoms. The standard InChI is InChI=1S/C16H16O3/c1-11-7-8-13(9-14(11)16(17)18)10-19-15-6-4-3-5-12(15)2/h3-9H,10H2,1-2H3,(H,17,18). The molecule has 0 aliphatic carbocycles. The summed E-state index contributed by atoms with van der Waals surface area (Å²) in [6, 6.07) is 13.1. The fourth-order valence-electron chi connectivity index (χ4n) is 1.87. The molecule has 0 radical (unpaired) electrons. The molecule has 0 aromatic heterocycles. The van der Waals surface area contributed by atoms with Gasteiger partial charge in [-0.05, 0) is 42.7 Å². The van der Waals surface area contributed by atoms with Crippen LogP contribution in [-0.4, -0.2) is 11.1 Å². The summed E-state index contributed by atoms with van der Waals surface area (Å²) >= 11 is 0. The topological polar surface area (TPSA) is 46.5 Å². The summed E-state index contributed by atoms with van der Waals surface area (Å²) in [7, 11) is 0. The van der Waals surface area contributed by atoms with Crippen molar-refractivity contribution in [3.05, 3.63) is 64.7 Å². The molecule has 0 bridgehead atoms. The first-order valence-electron chi connectivity index (χ1n) is 6.09. The van der Waals surface area contributed by atoms with E-state index in [4.69, 9.17) is 9.84 Å². The molecule has 19 heavy (non-hydrogen) atoms. The van der Waals surface area contributed by atoms with Gasteiger partial charge in [0.25, 0.3) is 0 Å². The highest BCUT2D eigenvalue weighted by atomic mass is 16.5. The van der Waals surface area contributed by atoms with E-state index in [1.807, 2.05) is 37.3 Å². The SMILES string of the molecule is Cc1ccccc1OCc1ccc(C)c(C(=O)O)c1. The molecule has 0 unspecified atom stereocenters. The molecule has 0 spiro atoms. The van der Waals surface area contributed by atoms with Crippen molar-refractivity contribution in [2.45, 2.75) is 20.5 Å². The number of hydrogen-bond acceptors (Lipinski definition) is 2. The predicted octanol–water partition coefficient (Wildman–Crippen LogP) is 3.58. The van der Waals surface area contributed by atoms with Crippen molar-refractivity contribution in [1.82, 2.24) is 0 Å². The number of rotatable bonds is 4. The number of hydrogen-bond donors (Lipinski definition) is 1. The van der Waals surface area contributed by atoms with E-state index in [0.717, 1.165) is 22.4 Å². The van der Waals surface area contributed by atoms with Crippen LogP contribution >= 0.6 is 0 Å². The van der Waals surface area contributed by atoms with E-state index in [1.54, 1.807) is 19.1 Å². The Labute approximate surface area is 112 Å². The zero-order valence-electron chi connectivity index (χ0n) is 11.0. The third-order valence-corrected chi connectivity index (χ3v) is 3.02. The molecule has 3 nitrogen and oxygen atoms in total. The summed E-state index contributed by atoms with van der Waals surface area (Å²) in [4.78, 5) is 11.1. The van der Waals surface area contributed by atoms with Gasteiger partial charge in [-0.2, -0.15) is 0 Å². The minimum absolute atomic E-state index is 0.325. The van der Waals surface area contributed by atoms with Gasteiger partial charge >= 0.3 is 5.97 Å². The molecule has 0 fully saturated rings. The molecule has 0 saturated heterocycles. The van der Waals surface area contributed by atoms with E-state index in [-0.39, 0.29) is 0 Å². The maximum Gasteiger partial charge on any atom is 0.335 e. The van der Waals surface area contributed by atoms with Crippen LogP contribution in [0, 0.1) is 13.8 Å². The molecule has 2 aromatic rings. The maximum atomic E-state index is 11.1. The van der Waals surface area contributed by atoms with E-state index in [0.29, 0.717) is 12.2 Å². The van der Waals surface area contributed by atoms with Crippen LogP contribution < -0.4 is 4.74 Å². The zero-order chi connectivity index (χ0) is 13.8. The van der Waals surface area contributed by atoms with Crippen LogP contribution in [0.5, 0.6) is 5.75 Å². The minimum atomic E-state index is -0.907. The van der Waals surface area contributed by atoms with Gasteiger partial charge in [0, 0.05) is 0 Å². The third kappa shape index (κ3) is 3.13. The smallest absolute Gasteiger partial charge is 0.335 e. The van der Waals surface area contributed by atoms with Crippen LogP contribution in [-0.2, 0) is 6.61 Å². The highest BCUT2D eigenvalue weighted by molar-refractivity contribution is 5.89. The Kier molecular flexibility index (Phi) is 3.85. The lowest BCUT2D eigenvalue weighted by Gasteiger charge is -2.10. The Hall–Kier alpha value is -2.29. The number of carboxylic acid groups (broad SMARTS) is 1. The number of carbonyl (C=O) groups is 1. The lowest BCUT2D eigenvalue weighted by Crippen LogP contribution is -2.03. The van der Waals surface area contributed by atoms with Crippen molar-refractivity contribution in [3.63, 3.8) is 0 Å². The lowest BCUT2D eigenvalue weighted by molar-refractivity contribution is 0.0696. The second-order valence-corrected chi connectivity index (χ2v) is 4.51. The van der Waals surface area contributed by atoms with Crippen molar-refractivity contribution in [2.75, 3.05) is 0 Å². The number of ether oxygens (including phenoxy) is 1. The number of aromatic carboxylic acids is 1. The lowest BCUT2D eigenvalue weighted by atomic mass is 10.1. The van der Waals surface area contributed by atoms with E-state index in [9.17, 15) is 4.79 Å². The Morgan fingerprint density at radius 2 is 1.84 bits per heavy atom. The molecule has 0 saturated carbocycles. The van der Waals surface area contributed by atoms with Gasteiger partial charge in [-0.1, -0.05) is 30.3 Å². The van der Waals surface area contributed by atoms with Crippen molar-refractivity contribution in [3.8, 4) is 5.75 Å². The van der Waals surface area contributed by atoms with Crippen LogP contribution in [0.1, 0.15) is 27.0 Å². The molecule has 0 atom stereocenters. The molecule has 2 aromatic carbocycles. The summed E-state index contributed by atoms with van der Waals surface area (Å²) in [5, 5.41) is 9.08. The molecule has 1 N–H and O–H groups in total. The van der Waals surface area contributed by atoms with Crippen molar-refractivity contribution < 1.29 is 14.6 Å². The quantitative estimate of drug-likeness (QED) is 0.909. The van der Waals surface area contributed by atoms with Gasteiger partial charge in [-0.15, -0.1) is 0 Å². The van der Waals surface area contributed by atoms with Gasteiger partial charge in [0.15, 0.2) is 0 Å². The largest absolute Gasteiger partial charge is 0.489 e. The Morgan fingerprint density at radius 1 is 1.11 bits per heavy atom. The number of benzene rings is 2. The van der Waals surface area contributed by atoms with Crippen LogP contribution in [0.25, 0.3) is 0 Å². The summed E-state index contributed by atoms with van der Waals surface area (Å²) in [5.41, 5.74) is 3.00. The third-order valence-electron chi connectivity index (χ3n) is 3.02. The molecule has 0 heterocycles. The van der Waals surface area contributed by atoms with Gasteiger partial charge < -0.3 is 9.84 Å². The predicted molar refractivity (Wildman–Crippen MR) is 73.6 cm³/mol. The summed E-state index contributed by atoms with van der Waals surface area (Å²) in [6.45, 7) is 4.13. The average Bonchev–Trinajstić information content (AvgIpc) is 2.39. The zero-order valence-corrected chi connectivity index (χ0v) is 11.0. The molecule has 0 aliphatic rings. The average molecular weight is 256 g/mol. The van der Waals surface area contributed by atoms with Crippen molar-refractivity contribution >= 4 is 5.97 Å². The Balaban J connectivity index is 2.14. The van der Waals surface area contributed by atoms with Crippen LogP contribution in [0.2, 0.25) is 0 Å². The van der Waals surface area contributed by atoms with Gasteiger partial charge in [0.1, 0.15) is 12.4 Å². The van der Waals surface area contributed by atoms with E-state index in [2.05, 4.69) is 0 Å². The van der Waals surface area contributed by atoms with Gasteiger partial charge in [-0.25, -0.2) is 4.79 Å². The second kappa shape index (κ2) is 5.57. The maximum absolute atomic E-state index is 11.1. The van der Waals surface area contributed by atoms with Crippen LogP contribution in [0.3, 0.4) is 0 Å². The number of para-hydroxylation sites is 1. The van der Waals surface area contributed by atoms with E-state index in [1.165, 1.54) is 0 Å². The number of aryl methyl sites for hydroxylation is 2. The first-order valence-corrected chi connectivity index (χ1v) is 6.09. The summed E-state index contributed by atoms with van der Waals surface area (Å²) < 4.78 is 5.70. The van der Waals surface area contributed by atoms with Gasteiger partial charge in [0.2, 0.25) is 0 Å². The molecule has 98 valence electrons. The summed E-state index contributed by atoms with van der Waals surface area (Å²) in [6.07, 6.45) is 0. The van der Waals surface area contributed by atoms with E-state index >= 15 is 0 Å². The molecular weight excluding hydrogens is 240 g/mol. The fraction of sp³-hybridized carbons (Fsp3) is 0.188. The van der Waals surface area contributed by atoms with Gasteiger partial charge in [-0.3, -0.25) is 0 Å². The fourth-order valence-corrected chi connectivity index (χ4v) is 1.87. The van der Waals surface area contributed by atoms with Crippen LogP contribution in [0.15, 0.2) is 42.5 Å². The van der Waals surface area contributed by atoms with Gasteiger partial charge in [0.05, 0.1) is 5.56 Å². The minimum Gasteiger partial charge on any atom is -0.489 e. The molecule has 0 aliphatic heterocycles. The first-order chi connectivity index (χ1) is 9.08. The second-order valence-electron chi connectivity index (χ2n) is 4.51. The highest BCUT2D eigenvalue weighted by Gasteiger charge is 2.08. The highest BCUT2D eigenvalue weighted by Crippen LogP contribution is 2.19. The van der Waals surface area contributed by atoms with Crippen molar-refractivity contribution in [1.29, 1.82) is 0 Å². The number of carboxylic acids is 1. The molecule has 2 rings (SSSR count). The normalized spacial score (nSPS) is 10.2. The summed E-state index contributed by atoms with van der Waals surface area (Å²) in [5.74, 6) is -0.0878. The Morgan fingerprint density at radius 3 is 2.53 bits per heavy atom. The van der Waals surface area contributed by atoms with Crippen LogP contribution in [0.4, 0.5) is 0 Å². The van der Waals surface area contributed by atoms with Crippen molar-refractivity contribution in [2.24, 2.45) is 0 Å². The van der Waals surface area contributed by atoms with E-state index < -0.39 is 5.97 Å².